The Morgan fingerprint density at radius 2 is 2.03 bits per heavy atom. The van der Waals surface area contributed by atoms with Crippen molar-refractivity contribution in [1.82, 2.24) is 14.9 Å². The first-order valence-electron chi connectivity index (χ1n) is 9.30. The molecule has 1 N–H and O–H groups in total. The summed E-state index contributed by atoms with van der Waals surface area (Å²) in [5.74, 6) is -1.33. The van der Waals surface area contributed by atoms with Crippen LogP contribution in [0, 0.1) is 0 Å². The molecule has 3 heterocycles. The van der Waals surface area contributed by atoms with E-state index < -0.39 is 27.5 Å². The van der Waals surface area contributed by atoms with Gasteiger partial charge in [-0.05, 0) is 18.6 Å². The Morgan fingerprint density at radius 3 is 2.79 bits per heavy atom. The molecule has 1 saturated heterocycles. The molecule has 0 aliphatic carbocycles. The third-order valence-electron chi connectivity index (χ3n) is 5.07. The minimum atomic E-state index is -3.17. The van der Waals surface area contributed by atoms with Gasteiger partial charge in [0.05, 0.1) is 23.1 Å². The smallest absolute Gasteiger partial charge is 0.408 e. The van der Waals surface area contributed by atoms with Crippen LogP contribution in [0.1, 0.15) is 19.3 Å². The molecule has 10 nitrogen and oxygen atoms in total. The molecule has 1 aromatic heterocycles. The van der Waals surface area contributed by atoms with Crippen molar-refractivity contribution in [2.75, 3.05) is 18.1 Å². The normalized spacial score (nSPS) is 21.4. The first kappa shape index (κ1) is 19.4. The van der Waals surface area contributed by atoms with E-state index in [1.807, 2.05) is 0 Å². The van der Waals surface area contributed by atoms with E-state index in [9.17, 15) is 22.8 Å². The second-order valence-corrected chi connectivity index (χ2v) is 9.31. The predicted octanol–water partition coefficient (Wildman–Crippen LogP) is -0.124. The molecule has 0 radical (unpaired) electrons. The number of sulfone groups is 1. The maximum atomic E-state index is 12.5. The molecule has 1 atom stereocenters. The van der Waals surface area contributed by atoms with Gasteiger partial charge in [-0.1, -0.05) is 12.1 Å². The molecule has 0 spiro atoms. The number of oxazole rings is 1. The molecule has 4 rings (SSSR count). The van der Waals surface area contributed by atoms with Crippen LogP contribution in [0.3, 0.4) is 0 Å². The Bertz CT molecular complexity index is 1160. The zero-order valence-electron chi connectivity index (χ0n) is 15.5. The van der Waals surface area contributed by atoms with Gasteiger partial charge < -0.3 is 9.73 Å². The number of nitrogens with one attached hydrogen (secondary N) is 1. The third-order valence-corrected chi connectivity index (χ3v) is 6.82. The number of hydrogen-bond acceptors (Lipinski definition) is 7. The van der Waals surface area contributed by atoms with Crippen LogP contribution in [0.15, 0.2) is 38.6 Å². The summed E-state index contributed by atoms with van der Waals surface area (Å²) in [6, 6.07) is 6.48. The van der Waals surface area contributed by atoms with E-state index in [4.69, 9.17) is 4.42 Å². The summed E-state index contributed by atoms with van der Waals surface area (Å²) < 4.78 is 29.9. The van der Waals surface area contributed by atoms with E-state index in [1.165, 1.54) is 4.57 Å². The lowest BCUT2D eigenvalue weighted by atomic mass is 10.1. The van der Waals surface area contributed by atoms with Gasteiger partial charge in [0.15, 0.2) is 15.4 Å². The summed E-state index contributed by atoms with van der Waals surface area (Å²) in [6.07, 6.45) is 0.618. The average Bonchev–Trinajstić information content (AvgIpc) is 3.21. The number of benzene rings is 1. The van der Waals surface area contributed by atoms with Crippen molar-refractivity contribution < 1.29 is 22.4 Å². The van der Waals surface area contributed by atoms with Crippen LogP contribution in [0.4, 0.5) is 0 Å². The first-order chi connectivity index (χ1) is 13.8. The van der Waals surface area contributed by atoms with Gasteiger partial charge in [0.2, 0.25) is 5.91 Å². The van der Waals surface area contributed by atoms with Crippen LogP contribution < -0.4 is 11.1 Å². The lowest BCUT2D eigenvalue weighted by Gasteiger charge is -2.27. The maximum Gasteiger partial charge on any atom is 0.420 e. The number of aromatic nitrogens is 1. The monoisotopic (exact) mass is 420 g/mol. The van der Waals surface area contributed by atoms with Crippen LogP contribution in [-0.4, -0.2) is 59.6 Å². The van der Waals surface area contributed by atoms with Gasteiger partial charge in [-0.2, -0.15) is 5.10 Å². The lowest BCUT2D eigenvalue weighted by Crippen LogP contribution is -2.44. The Labute approximate surface area is 166 Å². The Morgan fingerprint density at radius 1 is 1.24 bits per heavy atom. The minimum absolute atomic E-state index is 0.0197. The lowest BCUT2D eigenvalue weighted by molar-refractivity contribution is -0.133. The number of hydrogen-bond donors (Lipinski definition) is 1. The van der Waals surface area contributed by atoms with E-state index in [0.717, 1.165) is 5.01 Å². The van der Waals surface area contributed by atoms with Crippen molar-refractivity contribution in [3.05, 3.63) is 34.8 Å². The van der Waals surface area contributed by atoms with Gasteiger partial charge in [-0.25, -0.2) is 18.2 Å². The van der Waals surface area contributed by atoms with Crippen LogP contribution in [0.5, 0.6) is 0 Å². The molecule has 1 aromatic carbocycles. The van der Waals surface area contributed by atoms with Crippen molar-refractivity contribution in [1.29, 1.82) is 0 Å². The highest BCUT2D eigenvalue weighted by atomic mass is 32.2. The molecule has 0 saturated carbocycles. The molecule has 0 bridgehead atoms. The predicted molar refractivity (Wildman–Crippen MR) is 104 cm³/mol. The fourth-order valence-electron chi connectivity index (χ4n) is 3.60. The van der Waals surface area contributed by atoms with E-state index in [1.54, 1.807) is 24.3 Å². The van der Waals surface area contributed by atoms with E-state index in [-0.39, 0.29) is 49.1 Å². The molecule has 2 aromatic rings. The number of amides is 2. The van der Waals surface area contributed by atoms with Crippen molar-refractivity contribution in [3.8, 4) is 0 Å². The summed E-state index contributed by atoms with van der Waals surface area (Å²) in [5, 5.41) is 7.98. The third kappa shape index (κ3) is 3.95. The van der Waals surface area contributed by atoms with E-state index >= 15 is 0 Å². The molecular formula is C18H20N4O6S. The van der Waals surface area contributed by atoms with Gasteiger partial charge in [0, 0.05) is 25.9 Å². The van der Waals surface area contributed by atoms with Gasteiger partial charge in [-0.15, -0.1) is 0 Å². The standard InChI is InChI=1S/C18H20N4O6S/c23-16-6-5-13(20-22(16)12-7-10-29(26,27)11-12)17(24)19-8-9-21-14-3-1-2-4-15(14)28-18(21)25/h1-4,12H,5-11H2,(H,19,24)/t12-/m0/s1. The molecule has 2 amide bonds. The molecule has 29 heavy (non-hydrogen) atoms. The van der Waals surface area contributed by atoms with E-state index in [0.29, 0.717) is 17.5 Å². The van der Waals surface area contributed by atoms with Gasteiger partial charge in [0.25, 0.3) is 5.91 Å². The van der Waals surface area contributed by atoms with Crippen molar-refractivity contribution in [3.63, 3.8) is 0 Å². The Hall–Kier alpha value is -2.95. The maximum absolute atomic E-state index is 12.5. The summed E-state index contributed by atoms with van der Waals surface area (Å²) in [4.78, 5) is 36.6. The average molecular weight is 420 g/mol. The fraction of sp³-hybridized carbons (Fsp3) is 0.444. The number of carbonyl (C=O) groups excluding carboxylic acids is 2. The minimum Gasteiger partial charge on any atom is -0.408 e. The SMILES string of the molecule is O=C(NCCn1c(=O)oc2ccccc21)C1=NN([C@H]2CCS(=O)(=O)C2)C(=O)CC1. The number of carbonyl (C=O) groups is 2. The van der Waals surface area contributed by atoms with Crippen LogP contribution in [0.25, 0.3) is 11.1 Å². The number of hydrazone groups is 1. The molecule has 11 heteroatoms. The number of fused-ring (bicyclic) bond motifs is 1. The molecular weight excluding hydrogens is 400 g/mol. The molecule has 154 valence electrons. The van der Waals surface area contributed by atoms with Crippen LogP contribution in [-0.2, 0) is 26.0 Å². The Kier molecular flexibility index (Phi) is 4.99. The summed E-state index contributed by atoms with van der Waals surface area (Å²) in [7, 11) is -3.17. The number of rotatable bonds is 5. The highest BCUT2D eigenvalue weighted by Crippen LogP contribution is 2.22. The zero-order valence-corrected chi connectivity index (χ0v) is 16.4. The summed E-state index contributed by atoms with van der Waals surface area (Å²) in [5.41, 5.74) is 1.29. The van der Waals surface area contributed by atoms with Crippen molar-refractivity contribution in [2.24, 2.45) is 5.10 Å². The molecule has 1 fully saturated rings. The van der Waals surface area contributed by atoms with Gasteiger partial charge in [-0.3, -0.25) is 14.2 Å². The second-order valence-electron chi connectivity index (χ2n) is 7.09. The zero-order chi connectivity index (χ0) is 20.6. The van der Waals surface area contributed by atoms with Crippen molar-refractivity contribution in [2.45, 2.75) is 31.8 Å². The highest BCUT2D eigenvalue weighted by Gasteiger charge is 2.37. The van der Waals surface area contributed by atoms with E-state index in [2.05, 4.69) is 10.4 Å². The molecule has 0 unspecified atom stereocenters. The molecule has 2 aliphatic rings. The van der Waals surface area contributed by atoms with Crippen LogP contribution >= 0.6 is 0 Å². The van der Waals surface area contributed by atoms with Gasteiger partial charge in [0.1, 0.15) is 5.71 Å². The van der Waals surface area contributed by atoms with Gasteiger partial charge >= 0.3 is 5.76 Å². The van der Waals surface area contributed by atoms with Crippen molar-refractivity contribution >= 4 is 38.5 Å². The van der Waals surface area contributed by atoms with Crippen LogP contribution in [0.2, 0.25) is 0 Å². The largest absolute Gasteiger partial charge is 0.420 e. The molecule has 2 aliphatic heterocycles. The summed E-state index contributed by atoms with van der Waals surface area (Å²) >= 11 is 0. The number of para-hydroxylation sites is 2. The second kappa shape index (κ2) is 7.47. The Balaban J connectivity index is 1.41. The number of nitrogens with zero attached hydrogens (tertiary/aromatic N) is 3. The first-order valence-corrected chi connectivity index (χ1v) is 11.1. The topological polar surface area (TPSA) is 131 Å². The quantitative estimate of drug-likeness (QED) is 0.717. The fourth-order valence-corrected chi connectivity index (χ4v) is 5.29. The highest BCUT2D eigenvalue weighted by molar-refractivity contribution is 7.91. The summed E-state index contributed by atoms with van der Waals surface area (Å²) in [6.45, 7) is 0.394.